The summed E-state index contributed by atoms with van der Waals surface area (Å²) in [5.41, 5.74) is 1.39. The van der Waals surface area contributed by atoms with Gasteiger partial charge in [-0.25, -0.2) is 4.79 Å². The molecule has 0 aliphatic heterocycles. The van der Waals surface area contributed by atoms with Gasteiger partial charge in [0, 0.05) is 16.6 Å². The third-order valence-corrected chi connectivity index (χ3v) is 3.68. The van der Waals surface area contributed by atoms with Crippen LogP contribution in [0.15, 0.2) is 60.7 Å². The Labute approximate surface area is 130 Å². The van der Waals surface area contributed by atoms with Gasteiger partial charge in [0.1, 0.15) is 11.5 Å². The van der Waals surface area contributed by atoms with Crippen LogP contribution in [0.25, 0.3) is 0 Å². The molecule has 0 radical (unpaired) electrons. The van der Waals surface area contributed by atoms with E-state index in [0.717, 1.165) is 5.56 Å². The molecule has 0 fully saturated rings. The molecule has 1 N–H and O–H groups in total. The first-order valence-electron chi connectivity index (χ1n) is 7.09. The predicted molar refractivity (Wildman–Crippen MR) is 87.1 cm³/mol. The lowest BCUT2D eigenvalue weighted by molar-refractivity contribution is -0.130. The Morgan fingerprint density at radius 1 is 1.09 bits per heavy atom. The van der Waals surface area contributed by atoms with E-state index < -0.39 is 11.4 Å². The highest BCUT2D eigenvalue weighted by Gasteiger charge is 2.30. The zero-order valence-electron chi connectivity index (χ0n) is 13.1. The van der Waals surface area contributed by atoms with Gasteiger partial charge in [-0.15, -0.1) is 0 Å². The van der Waals surface area contributed by atoms with E-state index >= 15 is 0 Å². The first-order chi connectivity index (χ1) is 10.3. The van der Waals surface area contributed by atoms with E-state index in [1.165, 1.54) is 0 Å². The third kappa shape index (κ3) is 3.03. The van der Waals surface area contributed by atoms with Crippen LogP contribution in [0.4, 0.5) is 0 Å². The van der Waals surface area contributed by atoms with E-state index in [4.69, 9.17) is 4.74 Å². The van der Waals surface area contributed by atoms with Gasteiger partial charge in [0.05, 0.1) is 0 Å². The van der Waals surface area contributed by atoms with E-state index in [0.29, 0.717) is 16.9 Å². The van der Waals surface area contributed by atoms with Crippen molar-refractivity contribution < 1.29 is 14.6 Å². The highest BCUT2D eigenvalue weighted by Crippen LogP contribution is 2.42. The molecule has 0 saturated heterocycles. The van der Waals surface area contributed by atoms with E-state index in [9.17, 15) is 9.90 Å². The van der Waals surface area contributed by atoms with Gasteiger partial charge in [-0.05, 0) is 24.6 Å². The molecular weight excluding hydrogens is 276 g/mol. The second-order valence-electron chi connectivity index (χ2n) is 5.81. The number of benzene rings is 2. The third-order valence-electron chi connectivity index (χ3n) is 3.68. The van der Waals surface area contributed by atoms with E-state index in [-0.39, 0.29) is 5.75 Å². The Hall–Kier alpha value is -2.55. The fraction of sp³-hybridized carbons (Fsp3) is 0.211. The Balaban J connectivity index is 2.54. The average molecular weight is 296 g/mol. The van der Waals surface area contributed by atoms with Crippen molar-refractivity contribution in [2.75, 3.05) is 0 Å². The standard InChI is InChI=1S/C19H20O3/c1-13(2)18(21)22-16-12-8-11-15(20)17(16)19(3,4)14-9-6-5-7-10-14/h5-12,20H,1H2,2-4H3. The summed E-state index contributed by atoms with van der Waals surface area (Å²) < 4.78 is 5.40. The van der Waals surface area contributed by atoms with Crippen LogP contribution in [0.1, 0.15) is 31.9 Å². The Kier molecular flexibility index (Phi) is 4.36. The molecule has 2 rings (SSSR count). The molecule has 0 aliphatic carbocycles. The van der Waals surface area contributed by atoms with Gasteiger partial charge in [-0.2, -0.15) is 0 Å². The molecule has 3 heteroatoms. The number of phenolic OH excluding ortho intramolecular Hbond substituents is 1. The van der Waals surface area contributed by atoms with Crippen molar-refractivity contribution >= 4 is 5.97 Å². The minimum absolute atomic E-state index is 0.0980. The van der Waals surface area contributed by atoms with Crippen molar-refractivity contribution in [3.8, 4) is 11.5 Å². The van der Waals surface area contributed by atoms with Gasteiger partial charge < -0.3 is 9.84 Å². The first kappa shape index (κ1) is 15.8. The fourth-order valence-corrected chi connectivity index (χ4v) is 2.42. The van der Waals surface area contributed by atoms with Gasteiger partial charge >= 0.3 is 5.97 Å². The second kappa shape index (κ2) is 6.06. The lowest BCUT2D eigenvalue weighted by atomic mass is 9.77. The van der Waals surface area contributed by atoms with Crippen LogP contribution in [0.5, 0.6) is 11.5 Å². The highest BCUT2D eigenvalue weighted by atomic mass is 16.5. The molecule has 114 valence electrons. The molecule has 22 heavy (non-hydrogen) atoms. The van der Waals surface area contributed by atoms with Crippen LogP contribution in [0.2, 0.25) is 0 Å². The summed E-state index contributed by atoms with van der Waals surface area (Å²) in [5, 5.41) is 10.3. The van der Waals surface area contributed by atoms with Gasteiger partial charge in [0.25, 0.3) is 0 Å². The van der Waals surface area contributed by atoms with Crippen molar-refractivity contribution in [1.29, 1.82) is 0 Å². The predicted octanol–water partition coefficient (Wildman–Crippen LogP) is 4.20. The SMILES string of the molecule is C=C(C)C(=O)Oc1cccc(O)c1C(C)(C)c1ccccc1. The van der Waals surface area contributed by atoms with Crippen LogP contribution in [-0.4, -0.2) is 11.1 Å². The zero-order chi connectivity index (χ0) is 16.3. The number of hydrogen-bond donors (Lipinski definition) is 1. The lowest BCUT2D eigenvalue weighted by Gasteiger charge is -2.28. The van der Waals surface area contributed by atoms with Gasteiger partial charge in [0.15, 0.2) is 0 Å². The number of phenols is 1. The number of carbonyl (C=O) groups is 1. The molecule has 2 aromatic carbocycles. The van der Waals surface area contributed by atoms with Crippen molar-refractivity contribution in [2.45, 2.75) is 26.2 Å². The summed E-state index contributed by atoms with van der Waals surface area (Å²) in [7, 11) is 0. The Bertz CT molecular complexity index is 700. The molecular formula is C19H20O3. The number of esters is 1. The van der Waals surface area contributed by atoms with Crippen molar-refractivity contribution in [2.24, 2.45) is 0 Å². The normalized spacial score (nSPS) is 11.0. The van der Waals surface area contributed by atoms with Crippen molar-refractivity contribution in [1.82, 2.24) is 0 Å². The molecule has 0 aromatic heterocycles. The number of carbonyl (C=O) groups excluding carboxylic acids is 1. The Morgan fingerprint density at radius 3 is 2.32 bits per heavy atom. The minimum atomic E-state index is -0.517. The molecule has 0 atom stereocenters. The lowest BCUT2D eigenvalue weighted by Crippen LogP contribution is -2.21. The largest absolute Gasteiger partial charge is 0.507 e. The van der Waals surface area contributed by atoms with Crippen LogP contribution in [-0.2, 0) is 10.2 Å². The van der Waals surface area contributed by atoms with Gasteiger partial charge in [-0.3, -0.25) is 0 Å². The monoisotopic (exact) mass is 296 g/mol. The second-order valence-corrected chi connectivity index (χ2v) is 5.81. The quantitative estimate of drug-likeness (QED) is 0.522. The number of aromatic hydroxyl groups is 1. The summed E-state index contributed by atoms with van der Waals surface area (Å²) >= 11 is 0. The minimum Gasteiger partial charge on any atom is -0.507 e. The summed E-state index contributed by atoms with van der Waals surface area (Å²) in [4.78, 5) is 11.8. The fourth-order valence-electron chi connectivity index (χ4n) is 2.42. The van der Waals surface area contributed by atoms with Crippen molar-refractivity contribution in [3.63, 3.8) is 0 Å². The molecule has 0 amide bonds. The van der Waals surface area contributed by atoms with E-state index in [1.807, 2.05) is 44.2 Å². The van der Waals surface area contributed by atoms with E-state index in [1.54, 1.807) is 25.1 Å². The summed E-state index contributed by atoms with van der Waals surface area (Å²) in [5.74, 6) is -0.0570. The maximum Gasteiger partial charge on any atom is 0.338 e. The smallest absolute Gasteiger partial charge is 0.338 e. The molecule has 0 saturated carbocycles. The average Bonchev–Trinajstić information content (AvgIpc) is 2.47. The summed E-state index contributed by atoms with van der Waals surface area (Å²) in [6, 6.07) is 14.7. The van der Waals surface area contributed by atoms with Crippen LogP contribution in [0, 0.1) is 0 Å². The van der Waals surface area contributed by atoms with Gasteiger partial charge in [0.2, 0.25) is 0 Å². The van der Waals surface area contributed by atoms with Crippen molar-refractivity contribution in [3.05, 3.63) is 71.8 Å². The van der Waals surface area contributed by atoms with Crippen LogP contribution >= 0.6 is 0 Å². The molecule has 2 aromatic rings. The van der Waals surface area contributed by atoms with E-state index in [2.05, 4.69) is 6.58 Å². The van der Waals surface area contributed by atoms with Crippen LogP contribution in [0.3, 0.4) is 0 Å². The number of rotatable bonds is 4. The van der Waals surface area contributed by atoms with Gasteiger partial charge in [-0.1, -0.05) is 56.8 Å². The molecule has 0 bridgehead atoms. The molecule has 0 aliphatic rings. The molecule has 0 unspecified atom stereocenters. The Morgan fingerprint density at radius 2 is 1.73 bits per heavy atom. The van der Waals surface area contributed by atoms with Crippen LogP contribution < -0.4 is 4.74 Å². The summed E-state index contributed by atoms with van der Waals surface area (Å²) in [6.07, 6.45) is 0. The zero-order valence-corrected chi connectivity index (χ0v) is 13.1. The first-order valence-corrected chi connectivity index (χ1v) is 7.09. The topological polar surface area (TPSA) is 46.5 Å². The molecule has 0 heterocycles. The maximum absolute atomic E-state index is 11.8. The molecule has 0 spiro atoms. The molecule has 3 nitrogen and oxygen atoms in total. The maximum atomic E-state index is 11.8. The highest BCUT2D eigenvalue weighted by molar-refractivity contribution is 5.89. The summed E-state index contributed by atoms with van der Waals surface area (Å²) in [6.45, 7) is 9.14. The number of ether oxygens (including phenoxy) is 1. The number of hydrogen-bond acceptors (Lipinski definition) is 3.